The highest BCUT2D eigenvalue weighted by Crippen LogP contribution is 2.23. The number of β-amino-alcohol motifs (C(OH)–C–C–N with tert-alkyl or cyclic N) is 1. The summed E-state index contributed by atoms with van der Waals surface area (Å²) >= 11 is 0. The Kier molecular flexibility index (Phi) is 6.28. The number of hydrogen-bond donors (Lipinski definition) is 1. The van der Waals surface area contributed by atoms with Crippen LogP contribution in [-0.2, 0) is 4.74 Å². The maximum absolute atomic E-state index is 10.4. The van der Waals surface area contributed by atoms with Crippen molar-refractivity contribution in [3.05, 3.63) is 35.9 Å². The first-order valence-electron chi connectivity index (χ1n) is 9.43. The van der Waals surface area contributed by atoms with Gasteiger partial charge >= 0.3 is 0 Å². The van der Waals surface area contributed by atoms with Gasteiger partial charge in [0.1, 0.15) is 0 Å². The maximum Gasteiger partial charge on any atom is 0.0916 e. The zero-order chi connectivity index (χ0) is 16.9. The smallest absolute Gasteiger partial charge is 0.0916 e. The Morgan fingerprint density at radius 2 is 1.67 bits per heavy atom. The van der Waals surface area contributed by atoms with Crippen LogP contribution in [0.1, 0.15) is 38.4 Å². The summed E-state index contributed by atoms with van der Waals surface area (Å²) in [5.41, 5.74) is 1.02. The summed E-state index contributed by atoms with van der Waals surface area (Å²) in [5, 5.41) is 10.4. The van der Waals surface area contributed by atoms with E-state index in [1.54, 1.807) is 0 Å². The Morgan fingerprint density at radius 3 is 2.29 bits per heavy atom. The van der Waals surface area contributed by atoms with Crippen LogP contribution in [0.2, 0.25) is 0 Å². The van der Waals surface area contributed by atoms with Crippen LogP contribution < -0.4 is 0 Å². The molecule has 2 heterocycles. The molecule has 0 aliphatic carbocycles. The van der Waals surface area contributed by atoms with Crippen LogP contribution >= 0.6 is 0 Å². The lowest BCUT2D eigenvalue weighted by atomic mass is 9.95. The molecular weight excluding hydrogens is 300 g/mol. The second kappa shape index (κ2) is 8.43. The maximum atomic E-state index is 10.4. The van der Waals surface area contributed by atoms with Crippen LogP contribution in [0.4, 0.5) is 0 Å². The lowest BCUT2D eigenvalue weighted by molar-refractivity contribution is -0.0734. The molecule has 2 aliphatic heterocycles. The molecule has 3 atom stereocenters. The van der Waals surface area contributed by atoms with E-state index in [2.05, 4.69) is 23.6 Å². The molecule has 0 spiro atoms. The van der Waals surface area contributed by atoms with E-state index < -0.39 is 0 Å². The van der Waals surface area contributed by atoms with Crippen molar-refractivity contribution >= 4 is 0 Å². The van der Waals surface area contributed by atoms with E-state index >= 15 is 0 Å². The lowest BCUT2D eigenvalue weighted by Crippen LogP contribution is -2.48. The number of rotatable bonds is 5. The molecule has 1 N–H and O–H groups in total. The number of benzene rings is 1. The van der Waals surface area contributed by atoms with Gasteiger partial charge in [0.2, 0.25) is 0 Å². The molecule has 0 unspecified atom stereocenters. The van der Waals surface area contributed by atoms with Gasteiger partial charge in [0.15, 0.2) is 0 Å². The molecule has 0 amide bonds. The van der Waals surface area contributed by atoms with Gasteiger partial charge in [-0.25, -0.2) is 0 Å². The highest BCUT2D eigenvalue weighted by Gasteiger charge is 2.27. The summed E-state index contributed by atoms with van der Waals surface area (Å²) in [5.74, 6) is 0.785. The van der Waals surface area contributed by atoms with Crippen molar-refractivity contribution in [3.63, 3.8) is 0 Å². The predicted octanol–water partition coefficient (Wildman–Crippen LogP) is 2.54. The highest BCUT2D eigenvalue weighted by atomic mass is 16.5. The van der Waals surface area contributed by atoms with Gasteiger partial charge in [-0.1, -0.05) is 30.3 Å². The van der Waals surface area contributed by atoms with Crippen molar-refractivity contribution in [2.24, 2.45) is 5.92 Å². The number of morpholine rings is 1. The van der Waals surface area contributed by atoms with Crippen LogP contribution in [0.3, 0.4) is 0 Å². The van der Waals surface area contributed by atoms with Crippen molar-refractivity contribution in [3.8, 4) is 0 Å². The van der Waals surface area contributed by atoms with Crippen molar-refractivity contribution in [1.82, 2.24) is 9.80 Å². The quantitative estimate of drug-likeness (QED) is 0.899. The molecule has 1 aromatic carbocycles. The van der Waals surface area contributed by atoms with Crippen LogP contribution in [0.15, 0.2) is 30.3 Å². The zero-order valence-electron chi connectivity index (χ0n) is 15.1. The Morgan fingerprint density at radius 1 is 1.04 bits per heavy atom. The Hall–Kier alpha value is -0.940. The van der Waals surface area contributed by atoms with E-state index in [4.69, 9.17) is 4.74 Å². The molecular formula is C20H32N2O2. The number of likely N-dealkylation sites (tertiary alicyclic amines) is 1. The molecule has 2 saturated heterocycles. The van der Waals surface area contributed by atoms with Gasteiger partial charge < -0.3 is 14.7 Å². The summed E-state index contributed by atoms with van der Waals surface area (Å²) < 4.78 is 5.83. The summed E-state index contributed by atoms with van der Waals surface area (Å²) in [6.45, 7) is 10.6. The molecule has 2 fully saturated rings. The average molecular weight is 332 g/mol. The topological polar surface area (TPSA) is 35.9 Å². The predicted molar refractivity (Wildman–Crippen MR) is 97.0 cm³/mol. The van der Waals surface area contributed by atoms with E-state index in [0.29, 0.717) is 12.2 Å². The minimum atomic E-state index is -0.372. The average Bonchev–Trinajstić information content (AvgIpc) is 2.56. The fourth-order valence-corrected chi connectivity index (χ4v) is 4.18. The minimum absolute atomic E-state index is 0.356. The Bertz CT molecular complexity index is 478. The van der Waals surface area contributed by atoms with Crippen LogP contribution in [0.5, 0.6) is 0 Å². The number of piperidine rings is 1. The number of aliphatic hydroxyl groups excluding tert-OH is 1. The van der Waals surface area contributed by atoms with Crippen LogP contribution in [0.25, 0.3) is 0 Å². The fraction of sp³-hybridized carbons (Fsp3) is 0.700. The van der Waals surface area contributed by atoms with Crippen molar-refractivity contribution < 1.29 is 9.84 Å². The fourth-order valence-electron chi connectivity index (χ4n) is 4.18. The first-order valence-corrected chi connectivity index (χ1v) is 9.43. The molecule has 2 aliphatic rings. The number of nitrogens with zero attached hydrogens (tertiary/aromatic N) is 2. The Balaban J connectivity index is 1.41. The van der Waals surface area contributed by atoms with Crippen LogP contribution in [-0.4, -0.2) is 66.4 Å². The molecule has 3 rings (SSSR count). The van der Waals surface area contributed by atoms with Gasteiger partial charge in [-0.2, -0.15) is 0 Å². The second-order valence-corrected chi connectivity index (χ2v) is 7.65. The summed E-state index contributed by atoms with van der Waals surface area (Å²) in [6, 6.07) is 10.0. The SMILES string of the molecule is C[C@@H]1CN(CC2CCN(C[C@H](O)c3ccccc3)CC2)C[C@H](C)O1. The van der Waals surface area contributed by atoms with Gasteiger partial charge in [0.05, 0.1) is 18.3 Å². The van der Waals surface area contributed by atoms with Crippen molar-refractivity contribution in [2.45, 2.75) is 45.0 Å². The summed E-state index contributed by atoms with van der Waals surface area (Å²) in [7, 11) is 0. The number of aliphatic hydroxyl groups is 1. The van der Waals surface area contributed by atoms with Gasteiger partial charge in [-0.15, -0.1) is 0 Å². The van der Waals surface area contributed by atoms with E-state index in [1.807, 2.05) is 30.3 Å². The second-order valence-electron chi connectivity index (χ2n) is 7.65. The van der Waals surface area contributed by atoms with Crippen LogP contribution in [0, 0.1) is 5.92 Å². The minimum Gasteiger partial charge on any atom is -0.387 e. The third kappa shape index (κ3) is 5.03. The standard InChI is InChI=1S/C20H32N2O2/c1-16-12-22(13-17(2)24-16)14-18-8-10-21(11-9-18)15-20(23)19-6-4-3-5-7-19/h3-7,16-18,20,23H,8-15H2,1-2H3/t16-,17+,20-/m0/s1. The molecule has 4 nitrogen and oxygen atoms in total. The lowest BCUT2D eigenvalue weighted by Gasteiger charge is -2.39. The van der Waals surface area contributed by atoms with E-state index in [1.165, 1.54) is 19.4 Å². The highest BCUT2D eigenvalue weighted by molar-refractivity contribution is 5.17. The van der Waals surface area contributed by atoms with Gasteiger partial charge in [0, 0.05) is 26.2 Å². The van der Waals surface area contributed by atoms with Gasteiger partial charge in [0.25, 0.3) is 0 Å². The van der Waals surface area contributed by atoms with Gasteiger partial charge in [-0.3, -0.25) is 4.90 Å². The molecule has 0 aromatic heterocycles. The largest absolute Gasteiger partial charge is 0.387 e. The van der Waals surface area contributed by atoms with Crippen molar-refractivity contribution in [2.75, 3.05) is 39.3 Å². The first kappa shape index (κ1) is 17.9. The van der Waals surface area contributed by atoms with Crippen molar-refractivity contribution in [1.29, 1.82) is 0 Å². The number of ether oxygens (including phenoxy) is 1. The summed E-state index contributed by atoms with van der Waals surface area (Å²) in [4.78, 5) is 5.00. The molecule has 134 valence electrons. The van der Waals surface area contributed by atoms with Gasteiger partial charge in [-0.05, 0) is 51.3 Å². The molecule has 0 bridgehead atoms. The number of hydrogen-bond acceptors (Lipinski definition) is 4. The van der Waals surface area contributed by atoms with E-state index in [9.17, 15) is 5.11 Å². The first-order chi connectivity index (χ1) is 11.6. The normalized spacial score (nSPS) is 28.8. The monoisotopic (exact) mass is 332 g/mol. The molecule has 4 heteroatoms. The molecule has 0 saturated carbocycles. The molecule has 24 heavy (non-hydrogen) atoms. The zero-order valence-corrected chi connectivity index (χ0v) is 15.1. The molecule has 1 aromatic rings. The van der Waals surface area contributed by atoms with E-state index in [0.717, 1.165) is 44.2 Å². The molecule has 0 radical (unpaired) electrons. The Labute approximate surface area is 146 Å². The third-order valence-corrected chi connectivity index (χ3v) is 5.33. The van der Waals surface area contributed by atoms with E-state index in [-0.39, 0.29) is 6.10 Å². The summed E-state index contributed by atoms with van der Waals surface area (Å²) in [6.07, 6.45) is 2.82. The third-order valence-electron chi connectivity index (χ3n) is 5.33.